The van der Waals surface area contributed by atoms with Crippen molar-refractivity contribution < 1.29 is 9.59 Å². The van der Waals surface area contributed by atoms with Crippen LogP contribution in [0, 0.1) is 5.92 Å². The maximum atomic E-state index is 13.4. The Hall–Kier alpha value is -2.10. The van der Waals surface area contributed by atoms with Gasteiger partial charge in [0.25, 0.3) is 0 Å². The number of hydrogen-bond donors (Lipinski definition) is 0. The van der Waals surface area contributed by atoms with E-state index in [0.29, 0.717) is 29.3 Å². The van der Waals surface area contributed by atoms with Gasteiger partial charge in [-0.1, -0.05) is 60.5 Å². The van der Waals surface area contributed by atoms with Gasteiger partial charge in [0.05, 0.1) is 12.1 Å². The predicted molar refractivity (Wildman–Crippen MR) is 118 cm³/mol. The quantitative estimate of drug-likeness (QED) is 0.386. The largest absolute Gasteiger partial charge is 0.325 e. The maximum absolute atomic E-state index is 13.4. The van der Waals surface area contributed by atoms with Crippen LogP contribution >= 0.6 is 23.2 Å². The zero-order chi connectivity index (χ0) is 21.0. The Labute approximate surface area is 182 Å². The summed E-state index contributed by atoms with van der Waals surface area (Å²) in [6.45, 7) is 5.75. The fourth-order valence-electron chi connectivity index (χ4n) is 4.31. The van der Waals surface area contributed by atoms with Crippen molar-refractivity contribution in [3.8, 4) is 0 Å². The van der Waals surface area contributed by atoms with Crippen LogP contribution < -0.4 is 0 Å². The van der Waals surface area contributed by atoms with Crippen molar-refractivity contribution >= 4 is 35.4 Å². The summed E-state index contributed by atoms with van der Waals surface area (Å²) in [6.07, 6.45) is 4.47. The lowest BCUT2D eigenvalue weighted by Gasteiger charge is -2.47. The van der Waals surface area contributed by atoms with Gasteiger partial charge in [-0.15, -0.1) is 6.58 Å². The number of benzene rings is 2. The van der Waals surface area contributed by atoms with Crippen LogP contribution in [-0.4, -0.2) is 23.1 Å². The Morgan fingerprint density at radius 2 is 1.86 bits per heavy atom. The molecule has 1 aliphatic rings. The summed E-state index contributed by atoms with van der Waals surface area (Å²) in [5.74, 6) is -0.206. The van der Waals surface area contributed by atoms with Gasteiger partial charge in [0.2, 0.25) is 5.91 Å². The van der Waals surface area contributed by atoms with E-state index in [2.05, 4.69) is 6.58 Å². The van der Waals surface area contributed by atoms with Gasteiger partial charge in [-0.25, -0.2) is 0 Å². The molecule has 0 bridgehead atoms. The van der Waals surface area contributed by atoms with Gasteiger partial charge >= 0.3 is 0 Å². The Balaban J connectivity index is 2.17. The third-order valence-corrected chi connectivity index (χ3v) is 6.18. The van der Waals surface area contributed by atoms with Crippen molar-refractivity contribution in [3.05, 3.63) is 82.4 Å². The van der Waals surface area contributed by atoms with Crippen LogP contribution in [-0.2, 0) is 9.59 Å². The predicted octanol–water partition coefficient (Wildman–Crippen LogP) is 6.22. The Bertz CT molecular complexity index is 881. The minimum Gasteiger partial charge on any atom is -0.325 e. The molecule has 2 aromatic rings. The monoisotopic (exact) mass is 429 g/mol. The minimum absolute atomic E-state index is 0.00192. The normalized spacial score (nSPS) is 22.9. The Morgan fingerprint density at radius 1 is 1.14 bits per heavy atom. The van der Waals surface area contributed by atoms with Crippen molar-refractivity contribution in [1.82, 2.24) is 4.90 Å². The molecule has 1 aliphatic heterocycles. The summed E-state index contributed by atoms with van der Waals surface area (Å²) in [6, 6.07) is 14.5. The van der Waals surface area contributed by atoms with Crippen LogP contribution in [0.5, 0.6) is 0 Å². The summed E-state index contributed by atoms with van der Waals surface area (Å²) < 4.78 is 0. The van der Waals surface area contributed by atoms with Crippen LogP contribution in [0.25, 0.3) is 0 Å². The highest BCUT2D eigenvalue weighted by molar-refractivity contribution is 6.30. The van der Waals surface area contributed by atoms with Gasteiger partial charge in [-0.05, 0) is 54.7 Å². The lowest BCUT2D eigenvalue weighted by Crippen LogP contribution is -2.52. The van der Waals surface area contributed by atoms with E-state index in [4.69, 9.17) is 23.2 Å². The summed E-state index contributed by atoms with van der Waals surface area (Å²) in [5, 5.41) is 1.29. The maximum Gasteiger partial charge on any atom is 0.227 e. The number of amides is 1. The average molecular weight is 430 g/mol. The zero-order valence-corrected chi connectivity index (χ0v) is 17.9. The molecule has 4 atom stereocenters. The number of allylic oxidation sites excluding steroid dienone is 1. The van der Waals surface area contributed by atoms with Crippen molar-refractivity contribution in [2.75, 3.05) is 0 Å². The molecule has 3 nitrogen and oxygen atoms in total. The van der Waals surface area contributed by atoms with E-state index >= 15 is 0 Å². The van der Waals surface area contributed by atoms with Gasteiger partial charge in [-0.3, -0.25) is 4.79 Å². The van der Waals surface area contributed by atoms with Crippen LogP contribution in [0.15, 0.2) is 61.2 Å². The number of carbonyl (C=O) groups is 2. The molecule has 0 aromatic heterocycles. The molecule has 2 aromatic carbocycles. The molecule has 0 unspecified atom stereocenters. The number of hydrogen-bond acceptors (Lipinski definition) is 2. The second-order valence-corrected chi connectivity index (χ2v) is 8.34. The highest BCUT2D eigenvalue weighted by atomic mass is 35.5. The van der Waals surface area contributed by atoms with Crippen molar-refractivity contribution in [2.24, 2.45) is 5.92 Å². The minimum atomic E-state index is -0.488. The van der Waals surface area contributed by atoms with Crippen LogP contribution in [0.4, 0.5) is 0 Å². The highest BCUT2D eigenvalue weighted by Gasteiger charge is 2.45. The van der Waals surface area contributed by atoms with Gasteiger partial charge in [0.1, 0.15) is 6.29 Å². The van der Waals surface area contributed by atoms with Crippen LogP contribution in [0.1, 0.15) is 49.3 Å². The average Bonchev–Trinajstić information content (AvgIpc) is 2.72. The second-order valence-electron chi connectivity index (χ2n) is 7.47. The molecule has 0 aliphatic carbocycles. The molecule has 3 rings (SSSR count). The first-order valence-electron chi connectivity index (χ1n) is 9.89. The number of nitrogens with zero attached hydrogens (tertiary/aromatic N) is 1. The molecule has 0 N–H and O–H groups in total. The number of likely N-dealkylation sites (tertiary alicyclic amines) is 1. The zero-order valence-electron chi connectivity index (χ0n) is 16.4. The molecule has 152 valence electrons. The number of halogens is 2. The van der Waals surface area contributed by atoms with E-state index in [1.807, 2.05) is 55.5 Å². The molecule has 1 saturated heterocycles. The van der Waals surface area contributed by atoms with Gasteiger partial charge in [0.15, 0.2) is 0 Å². The van der Waals surface area contributed by atoms with E-state index in [-0.39, 0.29) is 23.8 Å². The van der Waals surface area contributed by atoms with E-state index in [1.165, 1.54) is 0 Å². The lowest BCUT2D eigenvalue weighted by atomic mass is 9.74. The van der Waals surface area contributed by atoms with Gasteiger partial charge in [0, 0.05) is 21.9 Å². The Morgan fingerprint density at radius 3 is 2.45 bits per heavy atom. The first-order chi connectivity index (χ1) is 14.0. The summed E-state index contributed by atoms with van der Waals surface area (Å²) in [7, 11) is 0. The molecule has 0 saturated carbocycles. The summed E-state index contributed by atoms with van der Waals surface area (Å²) in [5.41, 5.74) is 2.02. The van der Waals surface area contributed by atoms with Crippen molar-refractivity contribution in [2.45, 2.75) is 44.2 Å². The molecule has 1 amide bonds. The molecule has 0 spiro atoms. The van der Waals surface area contributed by atoms with E-state index in [1.54, 1.807) is 11.0 Å². The van der Waals surface area contributed by atoms with Gasteiger partial charge in [-0.2, -0.15) is 0 Å². The number of rotatable bonds is 7. The van der Waals surface area contributed by atoms with E-state index in [0.717, 1.165) is 17.4 Å². The highest BCUT2D eigenvalue weighted by Crippen LogP contribution is 2.47. The first-order valence-corrected chi connectivity index (χ1v) is 10.6. The molecular weight excluding hydrogens is 405 g/mol. The lowest BCUT2D eigenvalue weighted by molar-refractivity contribution is -0.148. The fourth-order valence-corrected chi connectivity index (χ4v) is 4.64. The third kappa shape index (κ3) is 4.57. The van der Waals surface area contributed by atoms with E-state index < -0.39 is 6.04 Å². The molecule has 29 heavy (non-hydrogen) atoms. The standard InChI is InChI=1S/C24H25Cl2NO2/c1-3-6-18-14-22(17-7-5-8-20(26)13-17)23(16-9-11-19(25)12-10-16)27(24(18)29)21(4-2)15-28/h3,5,7-13,15,18,21-23H,1,4,6,14H2,2H3/t18-,21-,22+,23+/m0/s1. The number of carbonyl (C=O) groups excluding carboxylic acids is 2. The smallest absolute Gasteiger partial charge is 0.227 e. The number of aldehydes is 1. The second kappa shape index (κ2) is 9.60. The van der Waals surface area contributed by atoms with Crippen molar-refractivity contribution in [1.29, 1.82) is 0 Å². The van der Waals surface area contributed by atoms with Crippen LogP contribution in [0.3, 0.4) is 0 Å². The molecular formula is C24H25Cl2NO2. The first kappa shape index (κ1) is 21.6. The molecule has 1 fully saturated rings. The van der Waals surface area contributed by atoms with Crippen LogP contribution in [0.2, 0.25) is 10.0 Å². The molecule has 5 heteroatoms. The van der Waals surface area contributed by atoms with E-state index in [9.17, 15) is 9.59 Å². The van der Waals surface area contributed by atoms with Gasteiger partial charge < -0.3 is 9.69 Å². The summed E-state index contributed by atoms with van der Waals surface area (Å²) in [4.78, 5) is 27.1. The number of piperidine rings is 1. The third-order valence-electron chi connectivity index (χ3n) is 5.70. The fraction of sp³-hybridized carbons (Fsp3) is 0.333. The molecule has 0 radical (unpaired) electrons. The van der Waals surface area contributed by atoms with Crippen molar-refractivity contribution in [3.63, 3.8) is 0 Å². The topological polar surface area (TPSA) is 37.4 Å². The molecule has 1 heterocycles. The summed E-state index contributed by atoms with van der Waals surface area (Å²) >= 11 is 12.4. The Kier molecular flexibility index (Phi) is 7.15. The SMILES string of the molecule is C=CC[C@H]1C[C@H](c2cccc(Cl)c2)[C@@H](c2ccc(Cl)cc2)N([C@H](C=O)CC)C1=O.